The molecule has 2 amide bonds. The summed E-state index contributed by atoms with van der Waals surface area (Å²) in [6.07, 6.45) is -1.45. The number of hydrogen-bond donors (Lipinski definition) is 4. The van der Waals surface area contributed by atoms with Crippen LogP contribution in [0.2, 0.25) is 0 Å². The van der Waals surface area contributed by atoms with Crippen LogP contribution in [0, 0.1) is 17.8 Å². The normalized spacial score (nSPS) is 25.2. The molecular weight excluding hydrogens is 542 g/mol. The Morgan fingerprint density at radius 2 is 1.39 bits per heavy atom. The molecule has 0 spiro atoms. The predicted octanol–water partition coefficient (Wildman–Crippen LogP) is -0.542. The molecule has 2 aliphatic rings. The van der Waals surface area contributed by atoms with Crippen LogP contribution >= 0.6 is 0 Å². The van der Waals surface area contributed by atoms with Gasteiger partial charge in [0.2, 0.25) is 0 Å². The van der Waals surface area contributed by atoms with E-state index in [0.717, 1.165) is 0 Å². The van der Waals surface area contributed by atoms with Gasteiger partial charge in [-0.3, -0.25) is 14.5 Å². The first-order valence-corrected chi connectivity index (χ1v) is 13.6. The third kappa shape index (κ3) is 9.66. The molecule has 0 saturated carbocycles. The van der Waals surface area contributed by atoms with E-state index in [4.69, 9.17) is 40.9 Å². The number of rotatable bonds is 13. The average Bonchev–Trinajstić information content (AvgIpc) is 3.31. The summed E-state index contributed by atoms with van der Waals surface area (Å²) in [5, 5.41) is 2.55. The van der Waals surface area contributed by atoms with Gasteiger partial charge in [0, 0.05) is 18.5 Å². The second kappa shape index (κ2) is 15.1. The molecule has 232 valence electrons. The van der Waals surface area contributed by atoms with E-state index in [9.17, 15) is 24.0 Å². The third-order valence-corrected chi connectivity index (χ3v) is 6.71. The Balaban J connectivity index is 2.03. The minimum absolute atomic E-state index is 0.185. The van der Waals surface area contributed by atoms with Crippen LogP contribution in [0.5, 0.6) is 0 Å². The monoisotopic (exact) mass is 585 g/mol. The van der Waals surface area contributed by atoms with Crippen LogP contribution in [-0.2, 0) is 42.9 Å². The van der Waals surface area contributed by atoms with E-state index in [1.54, 1.807) is 33.8 Å². The van der Waals surface area contributed by atoms with Crippen LogP contribution in [0.1, 0.15) is 48.0 Å². The largest absolute Gasteiger partial charge is 0.463 e. The van der Waals surface area contributed by atoms with Crippen LogP contribution in [-0.4, -0.2) is 90.8 Å². The van der Waals surface area contributed by atoms with Crippen molar-refractivity contribution in [1.29, 1.82) is 0 Å². The minimum Gasteiger partial charge on any atom is -0.463 e. The molecular formula is C26H43N5O10. The van der Waals surface area contributed by atoms with Gasteiger partial charge in [-0.05, 0) is 31.8 Å². The van der Waals surface area contributed by atoms with Gasteiger partial charge in [0.15, 0.2) is 12.2 Å². The van der Waals surface area contributed by atoms with Crippen molar-refractivity contribution in [2.24, 2.45) is 35.0 Å². The fraction of sp³-hybridized carbons (Fsp3) is 0.731. The highest BCUT2D eigenvalue weighted by atomic mass is 16.6. The summed E-state index contributed by atoms with van der Waals surface area (Å²) >= 11 is 0. The molecule has 2 rings (SSSR count). The van der Waals surface area contributed by atoms with E-state index in [1.807, 2.05) is 0 Å². The maximum absolute atomic E-state index is 12.5. The Morgan fingerprint density at radius 1 is 0.902 bits per heavy atom. The van der Waals surface area contributed by atoms with Crippen LogP contribution < -0.4 is 22.5 Å². The standard InChI is InChI=1S/C26H43N5O10/c1-12(2)20(28)24(34)39-14(5)22(32)37-10-16-9-19(31-8-7-18(27)30-26(31)36)41-17(16)11-38-23(33)15(6)40-25(35)21(29)13(3)4/h7-8,12-21H,9-11,27-29H2,1-6H3,(H,30,36). The Labute approximate surface area is 239 Å². The van der Waals surface area contributed by atoms with Crippen molar-refractivity contribution in [3.8, 4) is 0 Å². The number of esters is 4. The molecule has 41 heavy (non-hydrogen) atoms. The number of urea groups is 1. The molecule has 7 N–H and O–H groups in total. The van der Waals surface area contributed by atoms with Gasteiger partial charge in [-0.1, -0.05) is 27.7 Å². The van der Waals surface area contributed by atoms with E-state index in [0.29, 0.717) is 0 Å². The maximum Gasteiger partial charge on any atom is 0.347 e. The predicted molar refractivity (Wildman–Crippen MR) is 143 cm³/mol. The van der Waals surface area contributed by atoms with Gasteiger partial charge < -0.3 is 46.2 Å². The highest BCUT2D eigenvalue weighted by Crippen LogP contribution is 2.31. The van der Waals surface area contributed by atoms with Crippen molar-refractivity contribution in [3.63, 3.8) is 0 Å². The van der Waals surface area contributed by atoms with Crippen molar-refractivity contribution in [1.82, 2.24) is 10.2 Å². The van der Waals surface area contributed by atoms with Crippen molar-refractivity contribution >= 4 is 29.9 Å². The smallest absolute Gasteiger partial charge is 0.347 e. The zero-order chi connectivity index (χ0) is 31.0. The zero-order valence-electron chi connectivity index (χ0n) is 24.3. The van der Waals surface area contributed by atoms with Gasteiger partial charge in [-0.15, -0.1) is 0 Å². The van der Waals surface area contributed by atoms with E-state index in [2.05, 4.69) is 5.32 Å². The van der Waals surface area contributed by atoms with E-state index in [1.165, 1.54) is 24.9 Å². The number of hydrogen-bond acceptors (Lipinski definition) is 13. The summed E-state index contributed by atoms with van der Waals surface area (Å²) in [7, 11) is 0. The molecule has 0 aliphatic carbocycles. The molecule has 0 aromatic rings. The van der Waals surface area contributed by atoms with E-state index < -0.39 is 78.6 Å². The summed E-state index contributed by atoms with van der Waals surface area (Å²) in [5.41, 5.74) is 17.2. The van der Waals surface area contributed by atoms with Crippen LogP contribution in [0.15, 0.2) is 12.3 Å². The Hall–Kier alpha value is -3.27. The lowest BCUT2D eigenvalue weighted by Crippen LogP contribution is -2.52. The molecule has 15 heteroatoms. The number of ether oxygens (including phenoxy) is 5. The summed E-state index contributed by atoms with van der Waals surface area (Å²) in [4.78, 5) is 63.0. The molecule has 8 atom stereocenters. The molecule has 2 heterocycles. The maximum atomic E-state index is 12.5. The van der Waals surface area contributed by atoms with Gasteiger partial charge in [-0.25, -0.2) is 14.4 Å². The Bertz CT molecular complexity index is 932. The number of nitrogens with two attached hydrogens (primary N) is 3. The van der Waals surface area contributed by atoms with Crippen LogP contribution in [0.25, 0.3) is 0 Å². The second-order valence-electron chi connectivity index (χ2n) is 10.8. The quantitative estimate of drug-likeness (QED) is 0.157. The minimum atomic E-state index is -1.23. The summed E-state index contributed by atoms with van der Waals surface area (Å²) < 4.78 is 26.9. The van der Waals surface area contributed by atoms with Crippen molar-refractivity contribution in [2.75, 3.05) is 13.2 Å². The number of nitrogens with one attached hydrogen (secondary N) is 1. The number of carbonyl (C=O) groups excluding carboxylic acids is 5. The molecule has 15 nitrogen and oxygen atoms in total. The lowest BCUT2D eigenvalue weighted by molar-refractivity contribution is -0.172. The van der Waals surface area contributed by atoms with E-state index >= 15 is 0 Å². The topological polar surface area (TPSA) is 225 Å². The molecule has 1 fully saturated rings. The van der Waals surface area contributed by atoms with Crippen LogP contribution in [0.3, 0.4) is 0 Å². The van der Waals surface area contributed by atoms with Gasteiger partial charge in [-0.2, -0.15) is 0 Å². The summed E-state index contributed by atoms with van der Waals surface area (Å²) in [5.74, 6) is -4.01. The molecule has 8 unspecified atom stereocenters. The highest BCUT2D eigenvalue weighted by Gasteiger charge is 2.42. The molecule has 0 radical (unpaired) electrons. The molecule has 1 saturated heterocycles. The molecule has 2 aliphatic heterocycles. The van der Waals surface area contributed by atoms with E-state index in [-0.39, 0.29) is 31.5 Å². The van der Waals surface area contributed by atoms with Gasteiger partial charge in [0.25, 0.3) is 0 Å². The fourth-order valence-corrected chi connectivity index (χ4v) is 3.79. The summed E-state index contributed by atoms with van der Waals surface area (Å²) in [6.45, 7) is 9.21. The number of amides is 2. The number of nitrogens with zero attached hydrogens (tertiary/aromatic N) is 1. The average molecular weight is 586 g/mol. The van der Waals surface area contributed by atoms with Gasteiger partial charge in [0.05, 0.1) is 12.8 Å². The van der Waals surface area contributed by atoms with Crippen LogP contribution in [0.4, 0.5) is 4.79 Å². The second-order valence-corrected chi connectivity index (χ2v) is 10.8. The SMILES string of the molecule is CC(OC(=O)C(N)C(C)C)C(=O)OCC1CC(N2C=CC(N)NC2=O)OC1COC(=O)C(C)OC(=O)C(N)C(C)C. The fourth-order valence-electron chi connectivity index (χ4n) is 3.79. The zero-order valence-corrected chi connectivity index (χ0v) is 24.3. The van der Waals surface area contributed by atoms with Crippen molar-refractivity contribution < 1.29 is 47.7 Å². The van der Waals surface area contributed by atoms with Crippen molar-refractivity contribution in [2.45, 2.75) is 90.8 Å². The van der Waals surface area contributed by atoms with Gasteiger partial charge >= 0.3 is 29.9 Å². The van der Waals surface area contributed by atoms with Crippen molar-refractivity contribution in [3.05, 3.63) is 12.3 Å². The van der Waals surface area contributed by atoms with Gasteiger partial charge in [0.1, 0.15) is 31.0 Å². The Morgan fingerprint density at radius 3 is 1.85 bits per heavy atom. The number of carbonyl (C=O) groups is 5. The molecule has 0 bridgehead atoms. The first kappa shape index (κ1) is 33.9. The highest BCUT2D eigenvalue weighted by molar-refractivity contribution is 5.82. The molecule has 0 aromatic heterocycles. The summed E-state index contributed by atoms with van der Waals surface area (Å²) in [6, 6.07) is -2.29. The first-order chi connectivity index (χ1) is 19.1. The Kier molecular flexibility index (Phi) is 12.5. The molecule has 0 aromatic carbocycles. The third-order valence-electron chi connectivity index (χ3n) is 6.71. The first-order valence-electron chi connectivity index (χ1n) is 13.6. The lowest BCUT2D eigenvalue weighted by Gasteiger charge is -2.30. The lowest BCUT2D eigenvalue weighted by atomic mass is 10.0.